The Balaban J connectivity index is 2.73. The van der Waals surface area contributed by atoms with Crippen molar-refractivity contribution in [1.29, 1.82) is 0 Å². The van der Waals surface area contributed by atoms with E-state index in [9.17, 15) is 4.79 Å². The van der Waals surface area contributed by atoms with Gasteiger partial charge in [-0.2, -0.15) is 0 Å². The summed E-state index contributed by atoms with van der Waals surface area (Å²) >= 11 is 0. The Labute approximate surface area is 115 Å². The van der Waals surface area contributed by atoms with E-state index in [1.165, 1.54) is 4.90 Å². The van der Waals surface area contributed by atoms with Crippen molar-refractivity contribution in [1.82, 2.24) is 10.2 Å². The minimum Gasteiger partial charge on any atom is -0.395 e. The molecule has 1 rings (SSSR count). The van der Waals surface area contributed by atoms with E-state index in [0.717, 1.165) is 12.0 Å². The molecule has 0 radical (unpaired) electrons. The minimum atomic E-state index is -0.149. The van der Waals surface area contributed by atoms with Crippen LogP contribution in [0, 0.1) is 5.92 Å². The van der Waals surface area contributed by atoms with Crippen LogP contribution in [0.2, 0.25) is 0 Å². The number of carbonyl (C=O) groups excluding carboxylic acids is 1. The van der Waals surface area contributed by atoms with Crippen molar-refractivity contribution in [2.24, 2.45) is 5.92 Å². The lowest BCUT2D eigenvalue weighted by atomic mass is 9.97. The molecule has 0 aliphatic heterocycles. The first kappa shape index (κ1) is 15.5. The first-order valence-corrected chi connectivity index (χ1v) is 6.72. The lowest BCUT2D eigenvalue weighted by Gasteiger charge is -2.24. The molecular formula is C15H24N2O2. The van der Waals surface area contributed by atoms with Gasteiger partial charge in [0.05, 0.1) is 12.6 Å². The predicted molar refractivity (Wildman–Crippen MR) is 76.9 cm³/mol. The second kappa shape index (κ2) is 7.79. The molecule has 0 aliphatic carbocycles. The number of nitrogens with zero attached hydrogens (tertiary/aromatic N) is 1. The fourth-order valence-corrected chi connectivity index (χ4v) is 1.95. The quantitative estimate of drug-likeness (QED) is 0.829. The molecule has 0 heterocycles. The van der Waals surface area contributed by atoms with E-state index in [0.29, 0.717) is 12.5 Å². The Hall–Kier alpha value is -1.55. The Morgan fingerprint density at radius 3 is 2.47 bits per heavy atom. The van der Waals surface area contributed by atoms with Gasteiger partial charge in [0.25, 0.3) is 0 Å². The first-order valence-electron chi connectivity index (χ1n) is 6.72. The van der Waals surface area contributed by atoms with Crippen LogP contribution in [-0.4, -0.2) is 36.2 Å². The molecule has 0 saturated heterocycles. The number of urea groups is 1. The van der Waals surface area contributed by atoms with E-state index >= 15 is 0 Å². The van der Waals surface area contributed by atoms with Gasteiger partial charge >= 0.3 is 6.03 Å². The molecule has 2 amide bonds. The summed E-state index contributed by atoms with van der Waals surface area (Å²) in [7, 11) is 1.68. The van der Waals surface area contributed by atoms with E-state index in [4.69, 9.17) is 5.11 Å². The summed E-state index contributed by atoms with van der Waals surface area (Å²) in [5, 5.41) is 11.9. The molecule has 0 saturated carbocycles. The molecule has 106 valence electrons. The normalized spacial score (nSPS) is 12.3. The van der Waals surface area contributed by atoms with Crippen molar-refractivity contribution in [3.8, 4) is 0 Å². The standard InChI is InChI=1S/C15H24N2O2/c1-12(2)11-14(13-7-5-4-6-8-13)16-15(19)17(3)9-10-18/h4-8,12,14,18H,9-11H2,1-3H3,(H,16,19). The number of carbonyl (C=O) groups is 1. The summed E-state index contributed by atoms with van der Waals surface area (Å²) < 4.78 is 0. The van der Waals surface area contributed by atoms with Crippen molar-refractivity contribution >= 4 is 6.03 Å². The third kappa shape index (κ3) is 5.30. The number of hydrogen-bond acceptors (Lipinski definition) is 2. The lowest BCUT2D eigenvalue weighted by Crippen LogP contribution is -2.41. The fraction of sp³-hybridized carbons (Fsp3) is 0.533. The molecule has 1 aromatic rings. The summed E-state index contributed by atoms with van der Waals surface area (Å²) in [6.45, 7) is 4.60. The highest BCUT2D eigenvalue weighted by molar-refractivity contribution is 5.74. The van der Waals surface area contributed by atoms with E-state index in [1.54, 1.807) is 7.05 Å². The highest BCUT2D eigenvalue weighted by atomic mass is 16.3. The number of nitrogens with one attached hydrogen (secondary N) is 1. The molecule has 0 spiro atoms. The van der Waals surface area contributed by atoms with Crippen molar-refractivity contribution in [2.75, 3.05) is 20.2 Å². The van der Waals surface area contributed by atoms with Crippen LogP contribution in [0.15, 0.2) is 30.3 Å². The van der Waals surface area contributed by atoms with Crippen LogP contribution in [0.25, 0.3) is 0 Å². The SMILES string of the molecule is CC(C)CC(NC(=O)N(C)CCO)c1ccccc1. The van der Waals surface area contributed by atoms with Crippen LogP contribution in [0.4, 0.5) is 4.79 Å². The summed E-state index contributed by atoms with van der Waals surface area (Å²) in [6.07, 6.45) is 0.892. The van der Waals surface area contributed by atoms with E-state index in [-0.39, 0.29) is 18.7 Å². The zero-order chi connectivity index (χ0) is 14.3. The van der Waals surface area contributed by atoms with Crippen molar-refractivity contribution in [2.45, 2.75) is 26.3 Å². The molecule has 1 unspecified atom stereocenters. The molecule has 4 nitrogen and oxygen atoms in total. The number of aliphatic hydroxyl groups excluding tert-OH is 1. The Morgan fingerprint density at radius 1 is 1.32 bits per heavy atom. The number of hydrogen-bond donors (Lipinski definition) is 2. The number of rotatable bonds is 6. The molecule has 1 atom stereocenters. The van der Waals surface area contributed by atoms with Crippen LogP contribution >= 0.6 is 0 Å². The molecule has 0 aliphatic rings. The van der Waals surface area contributed by atoms with Gasteiger partial charge in [-0.3, -0.25) is 0 Å². The molecule has 19 heavy (non-hydrogen) atoms. The Bertz CT molecular complexity index is 379. The molecule has 1 aromatic carbocycles. The van der Waals surface area contributed by atoms with E-state index in [1.807, 2.05) is 30.3 Å². The third-order valence-corrected chi connectivity index (χ3v) is 2.99. The van der Waals surface area contributed by atoms with Crippen LogP contribution in [0.3, 0.4) is 0 Å². The van der Waals surface area contributed by atoms with Crippen molar-refractivity contribution < 1.29 is 9.90 Å². The zero-order valence-corrected chi connectivity index (χ0v) is 12.0. The second-order valence-corrected chi connectivity index (χ2v) is 5.19. The van der Waals surface area contributed by atoms with Gasteiger partial charge in [-0.15, -0.1) is 0 Å². The van der Waals surface area contributed by atoms with Crippen LogP contribution < -0.4 is 5.32 Å². The monoisotopic (exact) mass is 264 g/mol. The van der Waals surface area contributed by atoms with Crippen LogP contribution in [0.5, 0.6) is 0 Å². The Morgan fingerprint density at radius 2 is 1.95 bits per heavy atom. The van der Waals surface area contributed by atoms with Gasteiger partial charge in [-0.05, 0) is 17.9 Å². The molecular weight excluding hydrogens is 240 g/mol. The maximum atomic E-state index is 12.0. The number of aliphatic hydroxyl groups is 1. The topological polar surface area (TPSA) is 52.6 Å². The smallest absolute Gasteiger partial charge is 0.317 e. The van der Waals surface area contributed by atoms with Crippen LogP contribution in [0.1, 0.15) is 31.9 Å². The third-order valence-electron chi connectivity index (χ3n) is 2.99. The molecule has 0 bridgehead atoms. The maximum Gasteiger partial charge on any atom is 0.317 e. The first-order chi connectivity index (χ1) is 9.04. The van der Waals surface area contributed by atoms with Crippen LogP contribution in [-0.2, 0) is 0 Å². The van der Waals surface area contributed by atoms with Gasteiger partial charge in [0.15, 0.2) is 0 Å². The average molecular weight is 264 g/mol. The van der Waals surface area contributed by atoms with Gasteiger partial charge in [0.1, 0.15) is 0 Å². The van der Waals surface area contributed by atoms with Gasteiger partial charge < -0.3 is 15.3 Å². The summed E-state index contributed by atoms with van der Waals surface area (Å²) in [5.74, 6) is 0.494. The minimum absolute atomic E-state index is 0.00911. The van der Waals surface area contributed by atoms with Gasteiger partial charge in [-0.1, -0.05) is 44.2 Å². The summed E-state index contributed by atoms with van der Waals surface area (Å²) in [6, 6.07) is 9.84. The molecule has 4 heteroatoms. The molecule has 0 fully saturated rings. The highest BCUT2D eigenvalue weighted by Gasteiger charge is 2.17. The predicted octanol–water partition coefficient (Wildman–Crippen LogP) is 2.41. The van der Waals surface area contributed by atoms with Crippen molar-refractivity contribution in [3.05, 3.63) is 35.9 Å². The van der Waals surface area contributed by atoms with E-state index < -0.39 is 0 Å². The molecule has 0 aromatic heterocycles. The van der Waals surface area contributed by atoms with Gasteiger partial charge in [0, 0.05) is 13.6 Å². The summed E-state index contributed by atoms with van der Waals surface area (Å²) in [4.78, 5) is 13.5. The zero-order valence-electron chi connectivity index (χ0n) is 12.0. The number of benzene rings is 1. The number of likely N-dealkylation sites (N-methyl/N-ethyl adjacent to an activating group) is 1. The summed E-state index contributed by atoms with van der Waals surface area (Å²) in [5.41, 5.74) is 1.11. The van der Waals surface area contributed by atoms with Gasteiger partial charge in [0.2, 0.25) is 0 Å². The second-order valence-electron chi connectivity index (χ2n) is 5.19. The van der Waals surface area contributed by atoms with Gasteiger partial charge in [-0.25, -0.2) is 4.79 Å². The lowest BCUT2D eigenvalue weighted by molar-refractivity contribution is 0.185. The van der Waals surface area contributed by atoms with E-state index in [2.05, 4.69) is 19.2 Å². The number of amides is 2. The van der Waals surface area contributed by atoms with Crippen molar-refractivity contribution in [3.63, 3.8) is 0 Å². The average Bonchev–Trinajstić information content (AvgIpc) is 2.38. The highest BCUT2D eigenvalue weighted by Crippen LogP contribution is 2.21. The largest absolute Gasteiger partial charge is 0.395 e. The fourth-order valence-electron chi connectivity index (χ4n) is 1.95. The molecule has 2 N–H and O–H groups in total. The maximum absolute atomic E-state index is 12.0. The Kier molecular flexibility index (Phi) is 6.36.